The number of pyridine rings is 1. The van der Waals surface area contributed by atoms with Crippen LogP contribution < -0.4 is 0 Å². The zero-order valence-electron chi connectivity index (χ0n) is 10.3. The predicted molar refractivity (Wildman–Crippen MR) is 63.2 cm³/mol. The summed E-state index contributed by atoms with van der Waals surface area (Å²) in [6.45, 7) is 0. The molecule has 1 aliphatic carbocycles. The number of rotatable bonds is 4. The number of nitriles is 1. The van der Waals surface area contributed by atoms with Gasteiger partial charge in [0.25, 0.3) is 0 Å². The highest BCUT2D eigenvalue weighted by Crippen LogP contribution is 2.48. The van der Waals surface area contributed by atoms with E-state index in [1.807, 2.05) is 6.07 Å². The quantitative estimate of drug-likeness (QED) is 0.857. The predicted octanol–water partition coefficient (Wildman–Crippen LogP) is 2.57. The first-order chi connectivity index (χ1) is 9.19. The molecule has 4 nitrogen and oxygen atoms in total. The molecule has 2 rings (SSSR count). The van der Waals surface area contributed by atoms with E-state index < -0.39 is 32.0 Å². The fraction of sp³-hybridized carbons (Fsp3) is 0.500. The molecule has 0 unspecified atom stereocenters. The summed E-state index contributed by atoms with van der Waals surface area (Å²) in [5.41, 5.74) is -1.66. The Labute approximate surface area is 114 Å². The van der Waals surface area contributed by atoms with Gasteiger partial charge >= 0.3 is 6.18 Å². The van der Waals surface area contributed by atoms with Gasteiger partial charge in [-0.2, -0.15) is 18.4 Å². The summed E-state index contributed by atoms with van der Waals surface area (Å²) in [6.07, 6.45) is -2.39. The average molecular weight is 304 g/mol. The van der Waals surface area contributed by atoms with Gasteiger partial charge in [0, 0.05) is 6.20 Å². The molecule has 0 saturated heterocycles. The van der Waals surface area contributed by atoms with Crippen molar-refractivity contribution in [1.82, 2.24) is 4.98 Å². The van der Waals surface area contributed by atoms with Gasteiger partial charge in [-0.15, -0.1) is 0 Å². The summed E-state index contributed by atoms with van der Waals surface area (Å²) in [6, 6.07) is 3.30. The SMILES string of the molecule is N#CC1(CCS(=O)(=O)c2cc(C(F)(F)F)ccn2)CC1. The Morgan fingerprint density at radius 1 is 1.40 bits per heavy atom. The van der Waals surface area contributed by atoms with Gasteiger partial charge in [-0.3, -0.25) is 0 Å². The van der Waals surface area contributed by atoms with E-state index in [1.54, 1.807) is 0 Å². The van der Waals surface area contributed by atoms with E-state index in [2.05, 4.69) is 4.98 Å². The highest BCUT2D eigenvalue weighted by molar-refractivity contribution is 7.91. The number of nitrogens with zero attached hydrogens (tertiary/aromatic N) is 2. The summed E-state index contributed by atoms with van der Waals surface area (Å²) in [4.78, 5) is 3.50. The first-order valence-electron chi connectivity index (χ1n) is 5.86. The molecule has 1 fully saturated rings. The van der Waals surface area contributed by atoms with E-state index in [9.17, 15) is 21.6 Å². The lowest BCUT2D eigenvalue weighted by Crippen LogP contribution is -2.14. The highest BCUT2D eigenvalue weighted by Gasteiger charge is 2.44. The molecular formula is C12H11F3N2O2S. The number of sulfone groups is 1. The van der Waals surface area contributed by atoms with Gasteiger partial charge in [0.1, 0.15) is 0 Å². The molecule has 0 aliphatic heterocycles. The second-order valence-electron chi connectivity index (χ2n) is 4.84. The number of aromatic nitrogens is 1. The van der Waals surface area contributed by atoms with Crippen molar-refractivity contribution in [3.8, 4) is 6.07 Å². The van der Waals surface area contributed by atoms with Crippen LogP contribution in [0.5, 0.6) is 0 Å². The fourth-order valence-corrected chi connectivity index (χ4v) is 3.16. The molecule has 8 heteroatoms. The summed E-state index contributed by atoms with van der Waals surface area (Å²) in [5.74, 6) is -0.366. The largest absolute Gasteiger partial charge is 0.416 e. The van der Waals surface area contributed by atoms with Gasteiger partial charge in [-0.1, -0.05) is 0 Å². The minimum atomic E-state index is -4.61. The summed E-state index contributed by atoms with van der Waals surface area (Å²) >= 11 is 0. The van der Waals surface area contributed by atoms with Crippen molar-refractivity contribution in [1.29, 1.82) is 5.26 Å². The van der Waals surface area contributed by atoms with Crippen molar-refractivity contribution in [2.75, 3.05) is 5.75 Å². The molecule has 0 amide bonds. The third kappa shape index (κ3) is 3.10. The highest BCUT2D eigenvalue weighted by atomic mass is 32.2. The van der Waals surface area contributed by atoms with Crippen LogP contribution in [0.15, 0.2) is 23.4 Å². The Morgan fingerprint density at radius 3 is 2.55 bits per heavy atom. The van der Waals surface area contributed by atoms with Gasteiger partial charge in [-0.05, 0) is 31.4 Å². The van der Waals surface area contributed by atoms with Crippen molar-refractivity contribution >= 4 is 9.84 Å². The molecule has 20 heavy (non-hydrogen) atoms. The van der Waals surface area contributed by atoms with Crippen LogP contribution in [0.3, 0.4) is 0 Å². The molecule has 1 heterocycles. The monoisotopic (exact) mass is 304 g/mol. The maximum absolute atomic E-state index is 12.5. The van der Waals surface area contributed by atoms with E-state index in [0.717, 1.165) is 12.3 Å². The maximum atomic E-state index is 12.5. The van der Waals surface area contributed by atoms with E-state index >= 15 is 0 Å². The molecular weight excluding hydrogens is 293 g/mol. The normalized spacial score (nSPS) is 17.5. The zero-order valence-corrected chi connectivity index (χ0v) is 11.1. The Morgan fingerprint density at radius 2 is 2.05 bits per heavy atom. The molecule has 1 aromatic rings. The molecule has 0 bridgehead atoms. The lowest BCUT2D eigenvalue weighted by Gasteiger charge is -2.09. The third-order valence-corrected chi connectivity index (χ3v) is 4.92. The molecule has 1 aromatic heterocycles. The lowest BCUT2D eigenvalue weighted by molar-refractivity contribution is -0.137. The maximum Gasteiger partial charge on any atom is 0.416 e. The van der Waals surface area contributed by atoms with Gasteiger partial charge < -0.3 is 0 Å². The molecule has 0 N–H and O–H groups in total. The van der Waals surface area contributed by atoms with Gasteiger partial charge in [0.15, 0.2) is 14.9 Å². The molecule has 108 valence electrons. The standard InChI is InChI=1S/C12H11F3N2O2S/c13-12(14,15)9-1-5-17-10(7-9)20(18,19)6-4-11(8-16)2-3-11/h1,5,7H,2-4,6H2. The van der Waals surface area contributed by atoms with Crippen molar-refractivity contribution in [3.05, 3.63) is 23.9 Å². The molecule has 0 spiro atoms. The number of halogens is 3. The van der Waals surface area contributed by atoms with Crippen LogP contribution in [0.4, 0.5) is 13.2 Å². The Kier molecular flexibility index (Phi) is 3.50. The van der Waals surface area contributed by atoms with Crippen LogP contribution in [-0.4, -0.2) is 19.2 Å². The van der Waals surface area contributed by atoms with Crippen LogP contribution in [0.1, 0.15) is 24.8 Å². The Bertz CT molecular complexity index is 658. The molecule has 1 aliphatic rings. The van der Waals surface area contributed by atoms with Crippen molar-refractivity contribution < 1.29 is 21.6 Å². The molecule has 0 aromatic carbocycles. The van der Waals surface area contributed by atoms with Gasteiger partial charge in [0.05, 0.1) is 22.8 Å². The topological polar surface area (TPSA) is 70.8 Å². The second-order valence-corrected chi connectivity index (χ2v) is 6.90. The van der Waals surface area contributed by atoms with Crippen LogP contribution in [0.25, 0.3) is 0 Å². The van der Waals surface area contributed by atoms with Crippen molar-refractivity contribution in [2.45, 2.75) is 30.5 Å². The van der Waals surface area contributed by atoms with Crippen LogP contribution in [0.2, 0.25) is 0 Å². The van der Waals surface area contributed by atoms with Crippen molar-refractivity contribution in [3.63, 3.8) is 0 Å². The van der Waals surface area contributed by atoms with E-state index in [1.165, 1.54) is 0 Å². The smallest absolute Gasteiger partial charge is 0.245 e. The minimum Gasteiger partial charge on any atom is -0.245 e. The Hall–Kier alpha value is -1.62. The number of hydrogen-bond acceptors (Lipinski definition) is 4. The Balaban J connectivity index is 2.20. The average Bonchev–Trinajstić information content (AvgIpc) is 3.16. The minimum absolute atomic E-state index is 0.129. The summed E-state index contributed by atoms with van der Waals surface area (Å²) < 4.78 is 61.5. The van der Waals surface area contributed by atoms with E-state index in [0.29, 0.717) is 18.9 Å². The summed E-state index contributed by atoms with van der Waals surface area (Å²) in [7, 11) is -3.91. The fourth-order valence-electron chi connectivity index (χ4n) is 1.76. The molecule has 1 saturated carbocycles. The lowest BCUT2D eigenvalue weighted by atomic mass is 10.1. The number of hydrogen-bond donors (Lipinski definition) is 0. The first-order valence-corrected chi connectivity index (χ1v) is 7.51. The van der Waals surface area contributed by atoms with Crippen LogP contribution >= 0.6 is 0 Å². The number of alkyl halides is 3. The van der Waals surface area contributed by atoms with Crippen LogP contribution in [0, 0.1) is 16.7 Å². The van der Waals surface area contributed by atoms with E-state index in [4.69, 9.17) is 5.26 Å². The van der Waals surface area contributed by atoms with Crippen molar-refractivity contribution in [2.24, 2.45) is 5.41 Å². The van der Waals surface area contributed by atoms with Crippen LogP contribution in [-0.2, 0) is 16.0 Å². The zero-order chi connectivity index (χ0) is 15.0. The van der Waals surface area contributed by atoms with E-state index in [-0.39, 0.29) is 12.2 Å². The molecule has 0 radical (unpaired) electrons. The van der Waals surface area contributed by atoms with Gasteiger partial charge in [-0.25, -0.2) is 13.4 Å². The molecule has 0 atom stereocenters. The second kappa shape index (κ2) is 4.74. The van der Waals surface area contributed by atoms with Gasteiger partial charge in [0.2, 0.25) is 0 Å². The third-order valence-electron chi connectivity index (χ3n) is 3.32. The first kappa shape index (κ1) is 14.8. The summed E-state index contributed by atoms with van der Waals surface area (Å²) in [5, 5.41) is 8.27.